The van der Waals surface area contributed by atoms with Crippen LogP contribution in [0.5, 0.6) is 5.75 Å². The summed E-state index contributed by atoms with van der Waals surface area (Å²) in [4.78, 5) is -0.209. The summed E-state index contributed by atoms with van der Waals surface area (Å²) in [5.74, 6) is -1.21. The molecule has 4 nitrogen and oxygen atoms in total. The van der Waals surface area contributed by atoms with Crippen molar-refractivity contribution in [3.63, 3.8) is 0 Å². The van der Waals surface area contributed by atoms with Gasteiger partial charge < -0.3 is 4.74 Å². The zero-order valence-corrected chi connectivity index (χ0v) is 12.8. The normalized spacial score (nSPS) is 12.9. The zero-order valence-electron chi connectivity index (χ0n) is 12.0. The highest BCUT2D eigenvalue weighted by molar-refractivity contribution is 7.89. The standard InChI is InChI=1S/C15H15F2NO3S/c1-10(11-3-5-12(16)6-4-11)18-22(19,20)13-7-8-15(21-2)14(17)9-13/h3-10,18H,1-2H3/t10-/m1/s1. The third kappa shape index (κ3) is 3.61. The fourth-order valence-corrected chi connectivity index (χ4v) is 3.18. The van der Waals surface area contributed by atoms with Crippen molar-refractivity contribution in [1.29, 1.82) is 0 Å². The summed E-state index contributed by atoms with van der Waals surface area (Å²) in [6, 6.07) is 8.25. The predicted molar refractivity (Wildman–Crippen MR) is 78.1 cm³/mol. The number of hydrogen-bond acceptors (Lipinski definition) is 3. The molecule has 0 aliphatic carbocycles. The summed E-state index contributed by atoms with van der Waals surface area (Å²) in [5.41, 5.74) is 0.596. The number of ether oxygens (including phenoxy) is 1. The summed E-state index contributed by atoms with van der Waals surface area (Å²) in [6.07, 6.45) is 0. The molecule has 0 heterocycles. The van der Waals surface area contributed by atoms with Gasteiger partial charge in [0.2, 0.25) is 10.0 Å². The fourth-order valence-electron chi connectivity index (χ4n) is 1.93. The average molecular weight is 327 g/mol. The molecular weight excluding hydrogens is 312 g/mol. The van der Waals surface area contributed by atoms with Gasteiger partial charge in [0.15, 0.2) is 11.6 Å². The van der Waals surface area contributed by atoms with Crippen LogP contribution in [0.1, 0.15) is 18.5 Å². The van der Waals surface area contributed by atoms with Gasteiger partial charge in [0, 0.05) is 6.04 Å². The SMILES string of the molecule is COc1ccc(S(=O)(=O)N[C@H](C)c2ccc(F)cc2)cc1F. The van der Waals surface area contributed by atoms with Crippen molar-refractivity contribution in [2.45, 2.75) is 17.9 Å². The maximum Gasteiger partial charge on any atom is 0.241 e. The van der Waals surface area contributed by atoms with E-state index in [4.69, 9.17) is 4.74 Å². The Labute approximate surface area is 127 Å². The smallest absolute Gasteiger partial charge is 0.241 e. The van der Waals surface area contributed by atoms with Gasteiger partial charge >= 0.3 is 0 Å². The quantitative estimate of drug-likeness (QED) is 0.918. The van der Waals surface area contributed by atoms with Gasteiger partial charge in [0.25, 0.3) is 0 Å². The van der Waals surface area contributed by atoms with Crippen molar-refractivity contribution in [3.05, 3.63) is 59.7 Å². The monoisotopic (exact) mass is 327 g/mol. The lowest BCUT2D eigenvalue weighted by molar-refractivity contribution is 0.385. The summed E-state index contributed by atoms with van der Waals surface area (Å²) < 4.78 is 58.2. The van der Waals surface area contributed by atoms with Crippen molar-refractivity contribution in [2.75, 3.05) is 7.11 Å². The second-order valence-corrected chi connectivity index (χ2v) is 6.40. The van der Waals surface area contributed by atoms with Crippen LogP contribution in [-0.2, 0) is 10.0 Å². The summed E-state index contributed by atoms with van der Waals surface area (Å²) >= 11 is 0. The van der Waals surface area contributed by atoms with Gasteiger partial charge in [-0.15, -0.1) is 0 Å². The van der Waals surface area contributed by atoms with Crippen LogP contribution in [0.3, 0.4) is 0 Å². The molecule has 0 spiro atoms. The van der Waals surface area contributed by atoms with E-state index >= 15 is 0 Å². The summed E-state index contributed by atoms with van der Waals surface area (Å²) in [5, 5.41) is 0. The van der Waals surface area contributed by atoms with Gasteiger partial charge in [0.05, 0.1) is 12.0 Å². The van der Waals surface area contributed by atoms with E-state index in [9.17, 15) is 17.2 Å². The Morgan fingerprint density at radius 3 is 2.27 bits per heavy atom. The molecule has 0 unspecified atom stereocenters. The van der Waals surface area contributed by atoms with Crippen LogP contribution in [0, 0.1) is 11.6 Å². The molecule has 0 saturated heterocycles. The van der Waals surface area contributed by atoms with Gasteiger partial charge in [-0.1, -0.05) is 12.1 Å². The molecule has 2 aromatic rings. The van der Waals surface area contributed by atoms with Crippen molar-refractivity contribution in [1.82, 2.24) is 4.72 Å². The van der Waals surface area contributed by atoms with Crippen molar-refractivity contribution in [3.8, 4) is 5.75 Å². The molecule has 0 aromatic heterocycles. The van der Waals surface area contributed by atoms with Gasteiger partial charge in [-0.25, -0.2) is 21.9 Å². The third-order valence-electron chi connectivity index (χ3n) is 3.14. The van der Waals surface area contributed by atoms with Crippen LogP contribution < -0.4 is 9.46 Å². The first-order valence-corrected chi connectivity index (χ1v) is 7.93. The number of methoxy groups -OCH3 is 1. The van der Waals surface area contributed by atoms with Gasteiger partial charge in [-0.05, 0) is 42.8 Å². The molecule has 2 aromatic carbocycles. The molecule has 0 fully saturated rings. The maximum absolute atomic E-state index is 13.6. The lowest BCUT2D eigenvalue weighted by Gasteiger charge is -2.15. The Balaban J connectivity index is 2.23. The van der Waals surface area contributed by atoms with E-state index < -0.39 is 27.7 Å². The topological polar surface area (TPSA) is 55.4 Å². The first kappa shape index (κ1) is 16.4. The summed E-state index contributed by atoms with van der Waals surface area (Å²) in [6.45, 7) is 1.62. The van der Waals surface area contributed by atoms with E-state index in [0.717, 1.165) is 6.07 Å². The lowest BCUT2D eigenvalue weighted by atomic mass is 10.1. The van der Waals surface area contributed by atoms with E-state index in [1.54, 1.807) is 6.92 Å². The lowest BCUT2D eigenvalue weighted by Crippen LogP contribution is -2.27. The minimum absolute atomic E-state index is 0.0365. The molecule has 0 radical (unpaired) electrons. The average Bonchev–Trinajstić information content (AvgIpc) is 2.47. The Kier molecular flexibility index (Phi) is 4.77. The van der Waals surface area contributed by atoms with Crippen LogP contribution in [-0.4, -0.2) is 15.5 Å². The Morgan fingerprint density at radius 1 is 1.09 bits per heavy atom. The number of benzene rings is 2. The van der Waals surface area contributed by atoms with Crippen molar-refractivity contribution in [2.24, 2.45) is 0 Å². The fraction of sp³-hybridized carbons (Fsp3) is 0.200. The van der Waals surface area contributed by atoms with E-state index in [1.165, 1.54) is 43.5 Å². The van der Waals surface area contributed by atoms with Crippen molar-refractivity contribution >= 4 is 10.0 Å². The van der Waals surface area contributed by atoms with Crippen LogP contribution in [0.25, 0.3) is 0 Å². The molecule has 1 N–H and O–H groups in total. The van der Waals surface area contributed by atoms with Gasteiger partial charge in [-0.3, -0.25) is 0 Å². The largest absolute Gasteiger partial charge is 0.494 e. The molecule has 0 aliphatic rings. The highest BCUT2D eigenvalue weighted by atomic mass is 32.2. The molecular formula is C15H15F2NO3S. The second-order valence-electron chi connectivity index (χ2n) is 4.69. The van der Waals surface area contributed by atoms with Crippen LogP contribution in [0.4, 0.5) is 8.78 Å². The Morgan fingerprint density at radius 2 is 1.73 bits per heavy atom. The highest BCUT2D eigenvalue weighted by Crippen LogP contribution is 2.22. The zero-order chi connectivity index (χ0) is 16.3. The molecule has 0 saturated carbocycles. The molecule has 0 aliphatic heterocycles. The molecule has 118 valence electrons. The minimum Gasteiger partial charge on any atom is -0.494 e. The highest BCUT2D eigenvalue weighted by Gasteiger charge is 2.20. The number of hydrogen-bond donors (Lipinski definition) is 1. The van der Waals surface area contributed by atoms with Crippen LogP contribution in [0.15, 0.2) is 47.4 Å². The van der Waals surface area contributed by atoms with Gasteiger partial charge in [-0.2, -0.15) is 0 Å². The minimum atomic E-state index is -3.90. The first-order chi connectivity index (χ1) is 10.3. The van der Waals surface area contributed by atoms with E-state index in [2.05, 4.69) is 4.72 Å². The van der Waals surface area contributed by atoms with E-state index in [1.807, 2.05) is 0 Å². The molecule has 0 amide bonds. The van der Waals surface area contributed by atoms with Gasteiger partial charge in [0.1, 0.15) is 5.82 Å². The maximum atomic E-state index is 13.6. The first-order valence-electron chi connectivity index (χ1n) is 6.45. The van der Waals surface area contributed by atoms with Crippen molar-refractivity contribution < 1.29 is 21.9 Å². The molecule has 1 atom stereocenters. The Hall–Kier alpha value is -1.99. The summed E-state index contributed by atoms with van der Waals surface area (Å²) in [7, 11) is -2.61. The number of halogens is 2. The number of sulfonamides is 1. The number of rotatable bonds is 5. The second kappa shape index (κ2) is 6.41. The van der Waals surface area contributed by atoms with Crippen LogP contribution >= 0.6 is 0 Å². The molecule has 7 heteroatoms. The third-order valence-corrected chi connectivity index (χ3v) is 4.67. The van der Waals surface area contributed by atoms with Crippen LogP contribution in [0.2, 0.25) is 0 Å². The molecule has 2 rings (SSSR count). The number of nitrogens with one attached hydrogen (secondary N) is 1. The van der Waals surface area contributed by atoms with E-state index in [-0.39, 0.29) is 10.6 Å². The molecule has 22 heavy (non-hydrogen) atoms. The predicted octanol–water partition coefficient (Wildman–Crippen LogP) is 3.01. The molecule has 0 bridgehead atoms. The Bertz CT molecular complexity index is 761. The van der Waals surface area contributed by atoms with E-state index in [0.29, 0.717) is 5.56 Å².